The highest BCUT2D eigenvalue weighted by Crippen LogP contribution is 2.26. The van der Waals surface area contributed by atoms with E-state index in [2.05, 4.69) is 30.5 Å². The Bertz CT molecular complexity index is 1160. The van der Waals surface area contributed by atoms with E-state index >= 15 is 0 Å². The van der Waals surface area contributed by atoms with E-state index < -0.39 is 0 Å². The minimum absolute atomic E-state index is 0.199. The Morgan fingerprint density at radius 1 is 1.13 bits per heavy atom. The second kappa shape index (κ2) is 8.83. The molecule has 3 heterocycles. The Labute approximate surface area is 177 Å². The fourth-order valence-corrected chi connectivity index (χ4v) is 3.58. The fourth-order valence-electron chi connectivity index (χ4n) is 2.78. The summed E-state index contributed by atoms with van der Waals surface area (Å²) < 4.78 is 1.93. The van der Waals surface area contributed by atoms with Crippen molar-refractivity contribution in [2.45, 2.75) is 29.8 Å². The predicted octanol–water partition coefficient (Wildman–Crippen LogP) is 4.11. The molecule has 8 nitrogen and oxygen atoms in total. The molecule has 9 heteroatoms. The molecule has 0 aliphatic heterocycles. The van der Waals surface area contributed by atoms with E-state index in [0.717, 1.165) is 9.92 Å². The van der Waals surface area contributed by atoms with Gasteiger partial charge in [0, 0.05) is 28.9 Å². The second-order valence-electron chi connectivity index (χ2n) is 6.69. The van der Waals surface area contributed by atoms with Crippen LogP contribution in [0.15, 0.2) is 77.3 Å². The van der Waals surface area contributed by atoms with E-state index in [1.165, 1.54) is 11.8 Å². The number of pyridine rings is 1. The number of hydrogen-bond acceptors (Lipinski definition) is 7. The van der Waals surface area contributed by atoms with Gasteiger partial charge >= 0.3 is 0 Å². The number of amides is 1. The Morgan fingerprint density at radius 3 is 2.80 bits per heavy atom. The van der Waals surface area contributed by atoms with E-state index in [9.17, 15) is 4.79 Å². The van der Waals surface area contributed by atoms with Crippen molar-refractivity contribution in [3.8, 4) is 11.5 Å². The van der Waals surface area contributed by atoms with Gasteiger partial charge in [-0.1, -0.05) is 23.9 Å². The van der Waals surface area contributed by atoms with Crippen LogP contribution in [-0.2, 0) is 0 Å². The summed E-state index contributed by atoms with van der Waals surface area (Å²) in [5, 5.41) is 11.8. The molecule has 0 saturated carbocycles. The molecule has 0 bridgehead atoms. The number of carbonyl (C=O) groups is 1. The number of hydrogen-bond donors (Lipinski definition) is 1. The zero-order chi connectivity index (χ0) is 20.9. The van der Waals surface area contributed by atoms with Crippen molar-refractivity contribution >= 4 is 23.5 Å². The SMILES string of the molecule is CC(C)n1cnnc1-c1cccc(NC(=O)c2cccc(Sc3cnccn3)c2)n1. The van der Waals surface area contributed by atoms with Gasteiger partial charge in [-0.25, -0.2) is 9.97 Å². The fraction of sp³-hybridized carbons (Fsp3) is 0.143. The maximum atomic E-state index is 12.8. The summed E-state index contributed by atoms with van der Waals surface area (Å²) in [6.45, 7) is 4.09. The third-order valence-electron chi connectivity index (χ3n) is 4.21. The van der Waals surface area contributed by atoms with Crippen LogP contribution in [0.5, 0.6) is 0 Å². The molecule has 1 aromatic carbocycles. The molecule has 4 rings (SSSR count). The van der Waals surface area contributed by atoms with E-state index in [0.29, 0.717) is 22.9 Å². The summed E-state index contributed by atoms with van der Waals surface area (Å²) in [6, 6.07) is 13.0. The maximum absolute atomic E-state index is 12.8. The molecule has 30 heavy (non-hydrogen) atoms. The second-order valence-corrected chi connectivity index (χ2v) is 7.79. The summed E-state index contributed by atoms with van der Waals surface area (Å²) in [5.41, 5.74) is 1.17. The van der Waals surface area contributed by atoms with Crippen LogP contribution in [0.4, 0.5) is 5.82 Å². The molecule has 0 aliphatic rings. The molecule has 0 aliphatic carbocycles. The number of benzene rings is 1. The van der Waals surface area contributed by atoms with Crippen molar-refractivity contribution in [2.75, 3.05) is 5.32 Å². The lowest BCUT2D eigenvalue weighted by molar-refractivity contribution is 0.102. The maximum Gasteiger partial charge on any atom is 0.256 e. The van der Waals surface area contributed by atoms with Crippen molar-refractivity contribution in [2.24, 2.45) is 0 Å². The first-order chi connectivity index (χ1) is 14.6. The number of nitrogens with one attached hydrogen (secondary N) is 1. The summed E-state index contributed by atoms with van der Waals surface area (Å²) in [6.07, 6.45) is 6.62. The van der Waals surface area contributed by atoms with Crippen LogP contribution in [0.25, 0.3) is 11.5 Å². The van der Waals surface area contributed by atoms with Crippen molar-refractivity contribution in [3.05, 3.63) is 72.9 Å². The minimum atomic E-state index is -0.244. The third-order valence-corrected chi connectivity index (χ3v) is 5.12. The average Bonchev–Trinajstić information content (AvgIpc) is 3.25. The number of carbonyl (C=O) groups excluding carboxylic acids is 1. The summed E-state index contributed by atoms with van der Waals surface area (Å²) in [5.74, 6) is 0.859. The van der Waals surface area contributed by atoms with Crippen LogP contribution in [0.1, 0.15) is 30.2 Å². The van der Waals surface area contributed by atoms with Gasteiger partial charge in [-0.15, -0.1) is 10.2 Å². The Morgan fingerprint density at radius 2 is 2.00 bits per heavy atom. The highest BCUT2D eigenvalue weighted by Gasteiger charge is 2.13. The molecule has 3 aromatic heterocycles. The monoisotopic (exact) mass is 417 g/mol. The van der Waals surface area contributed by atoms with E-state index in [1.807, 2.05) is 48.7 Å². The molecule has 0 fully saturated rings. The lowest BCUT2D eigenvalue weighted by Crippen LogP contribution is -2.13. The average molecular weight is 417 g/mol. The molecule has 0 atom stereocenters. The van der Waals surface area contributed by atoms with Crippen LogP contribution in [0, 0.1) is 0 Å². The molecule has 0 unspecified atom stereocenters. The first-order valence-corrected chi connectivity index (χ1v) is 10.1. The standard InChI is InChI=1S/C21H19N7OS/c1-14(2)28-13-24-27-20(28)17-7-4-8-18(25-17)26-21(29)15-5-3-6-16(11-15)30-19-12-22-9-10-23-19/h3-14H,1-2H3,(H,25,26,29). The van der Waals surface area contributed by atoms with Gasteiger partial charge in [0.15, 0.2) is 5.82 Å². The predicted molar refractivity (Wildman–Crippen MR) is 114 cm³/mol. The van der Waals surface area contributed by atoms with Crippen molar-refractivity contribution in [3.63, 3.8) is 0 Å². The van der Waals surface area contributed by atoms with Gasteiger partial charge in [-0.3, -0.25) is 9.78 Å². The molecule has 150 valence electrons. The molecule has 0 spiro atoms. The first-order valence-electron chi connectivity index (χ1n) is 9.32. The van der Waals surface area contributed by atoms with E-state index in [4.69, 9.17) is 0 Å². The van der Waals surface area contributed by atoms with Crippen molar-refractivity contribution in [1.82, 2.24) is 29.7 Å². The third kappa shape index (κ3) is 4.52. The normalized spacial score (nSPS) is 10.9. The number of nitrogens with zero attached hydrogens (tertiary/aromatic N) is 6. The van der Waals surface area contributed by atoms with Crippen LogP contribution in [0.2, 0.25) is 0 Å². The molecular formula is C21H19N7OS. The van der Waals surface area contributed by atoms with Crippen LogP contribution in [-0.4, -0.2) is 35.6 Å². The first kappa shape index (κ1) is 19.7. The Hall–Kier alpha value is -3.59. The van der Waals surface area contributed by atoms with Crippen LogP contribution < -0.4 is 5.32 Å². The Kier molecular flexibility index (Phi) is 5.80. The van der Waals surface area contributed by atoms with Gasteiger partial charge in [0.1, 0.15) is 22.9 Å². The van der Waals surface area contributed by atoms with Crippen molar-refractivity contribution < 1.29 is 4.79 Å². The highest BCUT2D eigenvalue weighted by molar-refractivity contribution is 7.99. The van der Waals surface area contributed by atoms with E-state index in [-0.39, 0.29) is 11.9 Å². The highest BCUT2D eigenvalue weighted by atomic mass is 32.2. The van der Waals surface area contributed by atoms with Gasteiger partial charge in [0.05, 0.1) is 6.20 Å². The molecule has 1 amide bonds. The summed E-state index contributed by atoms with van der Waals surface area (Å²) in [4.78, 5) is 26.5. The van der Waals surface area contributed by atoms with Crippen LogP contribution >= 0.6 is 11.8 Å². The van der Waals surface area contributed by atoms with Gasteiger partial charge < -0.3 is 9.88 Å². The zero-order valence-electron chi connectivity index (χ0n) is 16.4. The molecular weight excluding hydrogens is 398 g/mol. The largest absolute Gasteiger partial charge is 0.310 e. The number of anilines is 1. The van der Waals surface area contributed by atoms with Gasteiger partial charge in [-0.05, 0) is 44.2 Å². The summed E-state index contributed by atoms with van der Waals surface area (Å²) in [7, 11) is 0. The molecule has 1 N–H and O–H groups in total. The molecule has 0 saturated heterocycles. The smallest absolute Gasteiger partial charge is 0.256 e. The van der Waals surface area contributed by atoms with Gasteiger partial charge in [0.2, 0.25) is 0 Å². The van der Waals surface area contributed by atoms with Gasteiger partial charge in [0.25, 0.3) is 5.91 Å². The zero-order valence-corrected chi connectivity index (χ0v) is 17.2. The quantitative estimate of drug-likeness (QED) is 0.504. The lowest BCUT2D eigenvalue weighted by Gasteiger charge is -2.11. The molecule has 4 aromatic rings. The summed E-state index contributed by atoms with van der Waals surface area (Å²) >= 11 is 1.44. The van der Waals surface area contributed by atoms with E-state index in [1.54, 1.807) is 37.1 Å². The van der Waals surface area contributed by atoms with Crippen molar-refractivity contribution in [1.29, 1.82) is 0 Å². The minimum Gasteiger partial charge on any atom is -0.310 e. The lowest BCUT2D eigenvalue weighted by atomic mass is 10.2. The topological polar surface area (TPSA) is 98.5 Å². The van der Waals surface area contributed by atoms with Crippen LogP contribution in [0.3, 0.4) is 0 Å². The molecule has 0 radical (unpaired) electrons. The Balaban J connectivity index is 1.52. The van der Waals surface area contributed by atoms with Gasteiger partial charge in [-0.2, -0.15) is 0 Å². The number of aromatic nitrogens is 6. The number of rotatable bonds is 6.